The van der Waals surface area contributed by atoms with Gasteiger partial charge in [-0.15, -0.1) is 0 Å². The molecule has 1 aliphatic rings. The highest BCUT2D eigenvalue weighted by atomic mass is 16.5. The molecule has 0 atom stereocenters. The van der Waals surface area contributed by atoms with Gasteiger partial charge in [-0.1, -0.05) is 23.4 Å². The summed E-state index contributed by atoms with van der Waals surface area (Å²) in [6.45, 7) is 2.64. The second kappa shape index (κ2) is 6.35. The normalized spacial score (nSPS) is 13.4. The Morgan fingerprint density at radius 1 is 1.24 bits per heavy atom. The van der Waals surface area contributed by atoms with Crippen LogP contribution in [0.3, 0.4) is 0 Å². The van der Waals surface area contributed by atoms with Crippen molar-refractivity contribution < 1.29 is 9.32 Å². The number of para-hydroxylation sites is 1. The van der Waals surface area contributed by atoms with Gasteiger partial charge in [0.1, 0.15) is 11.5 Å². The first kappa shape index (κ1) is 15.3. The number of carbonyl (C=O) groups is 1. The van der Waals surface area contributed by atoms with Gasteiger partial charge in [0, 0.05) is 18.3 Å². The highest BCUT2D eigenvalue weighted by Gasteiger charge is 2.19. The van der Waals surface area contributed by atoms with Crippen LogP contribution in [0.4, 0.5) is 17.3 Å². The van der Waals surface area contributed by atoms with Crippen molar-refractivity contribution in [2.45, 2.75) is 19.8 Å². The zero-order valence-electron chi connectivity index (χ0n) is 13.8. The topological polar surface area (TPSA) is 84.2 Å². The Morgan fingerprint density at radius 3 is 2.88 bits per heavy atom. The molecular weight excluding hydrogens is 318 g/mol. The SMILES string of the molecule is Cc1cc(NC(=O)c2cnc(N3CCCc4ccccc43)cn2)no1. The van der Waals surface area contributed by atoms with Crippen molar-refractivity contribution in [3.8, 4) is 0 Å². The Balaban J connectivity index is 1.54. The number of carbonyl (C=O) groups excluding carboxylic acids is 1. The van der Waals surface area contributed by atoms with Crippen molar-refractivity contribution in [1.29, 1.82) is 0 Å². The second-order valence-electron chi connectivity index (χ2n) is 5.92. The largest absolute Gasteiger partial charge is 0.360 e. The van der Waals surface area contributed by atoms with Crippen molar-refractivity contribution in [1.82, 2.24) is 15.1 Å². The molecule has 126 valence electrons. The summed E-state index contributed by atoms with van der Waals surface area (Å²) < 4.78 is 4.93. The van der Waals surface area contributed by atoms with E-state index in [-0.39, 0.29) is 11.6 Å². The Kier molecular flexibility index (Phi) is 3.89. The molecule has 1 amide bonds. The summed E-state index contributed by atoms with van der Waals surface area (Å²) in [5.74, 6) is 1.35. The molecule has 4 rings (SSSR count). The number of nitrogens with one attached hydrogen (secondary N) is 1. The first-order valence-corrected chi connectivity index (χ1v) is 8.13. The van der Waals surface area contributed by atoms with Gasteiger partial charge < -0.3 is 14.7 Å². The predicted molar refractivity (Wildman–Crippen MR) is 93.0 cm³/mol. The van der Waals surface area contributed by atoms with E-state index < -0.39 is 0 Å². The minimum Gasteiger partial charge on any atom is -0.360 e. The number of nitrogens with zero attached hydrogens (tertiary/aromatic N) is 4. The van der Waals surface area contributed by atoms with E-state index in [0.717, 1.165) is 30.9 Å². The smallest absolute Gasteiger partial charge is 0.277 e. The average molecular weight is 335 g/mol. The van der Waals surface area contributed by atoms with E-state index in [1.807, 2.05) is 12.1 Å². The quantitative estimate of drug-likeness (QED) is 0.792. The zero-order chi connectivity index (χ0) is 17.2. The van der Waals surface area contributed by atoms with Gasteiger partial charge in [0.05, 0.1) is 12.4 Å². The molecule has 0 unspecified atom stereocenters. The van der Waals surface area contributed by atoms with Crippen LogP contribution in [0.2, 0.25) is 0 Å². The third kappa shape index (κ3) is 3.08. The molecule has 0 saturated heterocycles. The fraction of sp³-hybridized carbons (Fsp3) is 0.222. The average Bonchev–Trinajstić information content (AvgIpc) is 3.06. The van der Waals surface area contributed by atoms with Crippen molar-refractivity contribution in [2.24, 2.45) is 0 Å². The van der Waals surface area contributed by atoms with Gasteiger partial charge in [-0.3, -0.25) is 4.79 Å². The summed E-state index contributed by atoms with van der Waals surface area (Å²) in [4.78, 5) is 23.0. The molecule has 0 saturated carbocycles. The lowest BCUT2D eigenvalue weighted by Crippen LogP contribution is -2.25. The Hall–Kier alpha value is -3.22. The van der Waals surface area contributed by atoms with E-state index in [2.05, 4.69) is 37.5 Å². The van der Waals surface area contributed by atoms with E-state index in [1.165, 1.54) is 11.8 Å². The molecule has 3 heterocycles. The summed E-state index contributed by atoms with van der Waals surface area (Å²) in [6.07, 6.45) is 5.24. The minimum atomic E-state index is -0.369. The molecule has 0 bridgehead atoms. The molecule has 25 heavy (non-hydrogen) atoms. The molecule has 2 aromatic heterocycles. The lowest BCUT2D eigenvalue weighted by atomic mass is 10.0. The van der Waals surface area contributed by atoms with Crippen LogP contribution >= 0.6 is 0 Å². The molecule has 0 aliphatic carbocycles. The third-order valence-electron chi connectivity index (χ3n) is 4.13. The first-order valence-electron chi connectivity index (χ1n) is 8.13. The third-order valence-corrected chi connectivity index (χ3v) is 4.13. The lowest BCUT2D eigenvalue weighted by Gasteiger charge is -2.30. The van der Waals surface area contributed by atoms with E-state index in [9.17, 15) is 4.79 Å². The van der Waals surface area contributed by atoms with Gasteiger partial charge in [-0.2, -0.15) is 0 Å². The molecule has 1 N–H and O–H groups in total. The van der Waals surface area contributed by atoms with Crippen LogP contribution in [-0.4, -0.2) is 27.6 Å². The Bertz CT molecular complexity index is 904. The van der Waals surface area contributed by atoms with Gasteiger partial charge in [0.2, 0.25) is 0 Å². The van der Waals surface area contributed by atoms with E-state index in [4.69, 9.17) is 4.52 Å². The summed E-state index contributed by atoms with van der Waals surface area (Å²) in [5.41, 5.74) is 2.69. The van der Waals surface area contributed by atoms with Crippen molar-refractivity contribution in [3.05, 3.63) is 59.7 Å². The summed E-state index contributed by atoms with van der Waals surface area (Å²) in [5, 5.41) is 6.37. The summed E-state index contributed by atoms with van der Waals surface area (Å²) in [7, 11) is 0. The maximum absolute atomic E-state index is 12.2. The van der Waals surface area contributed by atoms with Crippen LogP contribution < -0.4 is 10.2 Å². The molecule has 0 radical (unpaired) electrons. The molecule has 0 fully saturated rings. The molecule has 7 heteroatoms. The number of benzene rings is 1. The molecule has 1 aliphatic heterocycles. The number of rotatable bonds is 3. The lowest BCUT2D eigenvalue weighted by molar-refractivity contribution is 0.102. The first-order chi connectivity index (χ1) is 12.2. The zero-order valence-corrected chi connectivity index (χ0v) is 13.8. The highest BCUT2D eigenvalue weighted by molar-refractivity contribution is 6.02. The van der Waals surface area contributed by atoms with Crippen molar-refractivity contribution in [3.63, 3.8) is 0 Å². The van der Waals surface area contributed by atoms with Crippen LogP contribution in [0.5, 0.6) is 0 Å². The van der Waals surface area contributed by atoms with Gasteiger partial charge in [-0.05, 0) is 31.4 Å². The number of hydrogen-bond acceptors (Lipinski definition) is 6. The van der Waals surface area contributed by atoms with E-state index in [1.54, 1.807) is 19.2 Å². The standard InChI is InChI=1S/C18H17N5O2/c1-12-9-16(22-25-12)21-18(24)14-10-20-17(11-19-14)23-8-4-6-13-5-2-3-7-15(13)23/h2-3,5,7,9-11H,4,6,8H2,1H3,(H,21,22,24). The predicted octanol–water partition coefficient (Wildman–Crippen LogP) is 3.11. The number of anilines is 3. The fourth-order valence-corrected chi connectivity index (χ4v) is 2.96. The maximum Gasteiger partial charge on any atom is 0.277 e. The summed E-state index contributed by atoms with van der Waals surface area (Å²) >= 11 is 0. The number of aromatic nitrogens is 3. The monoisotopic (exact) mass is 335 g/mol. The highest BCUT2D eigenvalue weighted by Crippen LogP contribution is 2.31. The second-order valence-corrected chi connectivity index (χ2v) is 5.92. The molecule has 0 spiro atoms. The summed E-state index contributed by atoms with van der Waals surface area (Å²) in [6, 6.07) is 9.93. The van der Waals surface area contributed by atoms with Crippen LogP contribution in [0.15, 0.2) is 47.2 Å². The van der Waals surface area contributed by atoms with Crippen LogP contribution in [0, 0.1) is 6.92 Å². The number of aryl methyl sites for hydroxylation is 2. The Labute approximate surface area is 144 Å². The van der Waals surface area contributed by atoms with Crippen molar-refractivity contribution in [2.75, 3.05) is 16.8 Å². The van der Waals surface area contributed by atoms with Crippen LogP contribution in [0.1, 0.15) is 28.2 Å². The number of amides is 1. The molecule has 7 nitrogen and oxygen atoms in total. The molecular formula is C18H17N5O2. The van der Waals surface area contributed by atoms with E-state index in [0.29, 0.717) is 11.6 Å². The van der Waals surface area contributed by atoms with E-state index >= 15 is 0 Å². The number of hydrogen-bond donors (Lipinski definition) is 1. The fourth-order valence-electron chi connectivity index (χ4n) is 2.96. The number of fused-ring (bicyclic) bond motifs is 1. The van der Waals surface area contributed by atoms with Gasteiger partial charge in [0.15, 0.2) is 11.6 Å². The van der Waals surface area contributed by atoms with Gasteiger partial charge >= 0.3 is 0 Å². The maximum atomic E-state index is 12.2. The Morgan fingerprint density at radius 2 is 2.12 bits per heavy atom. The van der Waals surface area contributed by atoms with Crippen LogP contribution in [0.25, 0.3) is 0 Å². The minimum absolute atomic E-state index is 0.231. The van der Waals surface area contributed by atoms with Crippen molar-refractivity contribution >= 4 is 23.2 Å². The van der Waals surface area contributed by atoms with Gasteiger partial charge in [-0.25, -0.2) is 9.97 Å². The van der Waals surface area contributed by atoms with Gasteiger partial charge in [0.25, 0.3) is 5.91 Å². The molecule has 1 aromatic carbocycles. The molecule has 3 aromatic rings. The van der Waals surface area contributed by atoms with Crippen LogP contribution in [-0.2, 0) is 6.42 Å².